The van der Waals surface area contributed by atoms with Crippen molar-refractivity contribution in [1.29, 1.82) is 0 Å². The molecular weight excluding hydrogens is 350 g/mol. The van der Waals surface area contributed by atoms with Gasteiger partial charge in [0.15, 0.2) is 0 Å². The van der Waals surface area contributed by atoms with E-state index >= 15 is 0 Å². The number of hydrogen-bond acceptors (Lipinski definition) is 4. The zero-order valence-corrected chi connectivity index (χ0v) is 16.0. The first-order valence-corrected chi connectivity index (χ1v) is 10.5. The lowest BCUT2D eigenvalue weighted by Gasteiger charge is -2.21. The molecule has 0 aliphatic carbocycles. The van der Waals surface area contributed by atoms with Gasteiger partial charge in [-0.15, -0.1) is 0 Å². The fraction of sp³-hybridized carbons (Fsp3) is 0.400. The second-order valence-electron chi connectivity index (χ2n) is 6.48. The van der Waals surface area contributed by atoms with Gasteiger partial charge in [-0.05, 0) is 24.1 Å². The van der Waals surface area contributed by atoms with Crippen LogP contribution in [0.3, 0.4) is 0 Å². The largest absolute Gasteiger partial charge is 0.490 e. The van der Waals surface area contributed by atoms with Gasteiger partial charge in [-0.1, -0.05) is 49.7 Å². The smallest absolute Gasteiger partial charge is 0.239 e. The van der Waals surface area contributed by atoms with Gasteiger partial charge < -0.3 is 9.47 Å². The lowest BCUT2D eigenvalue weighted by molar-refractivity contribution is 0.259. The van der Waals surface area contributed by atoms with Crippen molar-refractivity contribution in [2.75, 3.05) is 24.6 Å². The van der Waals surface area contributed by atoms with Crippen LogP contribution in [0.5, 0.6) is 5.75 Å². The predicted molar refractivity (Wildman–Crippen MR) is 103 cm³/mol. The number of sulfonamides is 1. The van der Waals surface area contributed by atoms with Crippen molar-refractivity contribution in [3.05, 3.63) is 59.7 Å². The molecule has 0 amide bonds. The lowest BCUT2D eigenvalue weighted by Crippen LogP contribution is -2.28. The van der Waals surface area contributed by atoms with Crippen molar-refractivity contribution in [2.24, 2.45) is 0 Å². The van der Waals surface area contributed by atoms with E-state index in [-0.39, 0.29) is 11.9 Å². The summed E-state index contributed by atoms with van der Waals surface area (Å²) >= 11 is 0. The van der Waals surface area contributed by atoms with Gasteiger partial charge in [0, 0.05) is 12.6 Å². The summed E-state index contributed by atoms with van der Waals surface area (Å²) in [5.41, 5.74) is 2.38. The van der Waals surface area contributed by atoms with Crippen molar-refractivity contribution < 1.29 is 17.9 Å². The first kappa shape index (κ1) is 18.7. The minimum atomic E-state index is -3.52. The Hall–Kier alpha value is -2.05. The molecule has 1 heterocycles. The quantitative estimate of drug-likeness (QED) is 0.631. The van der Waals surface area contributed by atoms with Crippen LogP contribution in [0.15, 0.2) is 48.5 Å². The summed E-state index contributed by atoms with van der Waals surface area (Å²) in [7, 11) is -1.94. The molecule has 0 bridgehead atoms. The minimum absolute atomic E-state index is 0.100. The molecule has 5 nitrogen and oxygen atoms in total. The summed E-state index contributed by atoms with van der Waals surface area (Å²) in [5.74, 6) is 0.589. The van der Waals surface area contributed by atoms with E-state index in [4.69, 9.17) is 9.47 Å². The lowest BCUT2D eigenvalue weighted by atomic mass is 10.1. The van der Waals surface area contributed by atoms with E-state index in [1.54, 1.807) is 19.2 Å². The van der Waals surface area contributed by atoms with E-state index in [0.717, 1.165) is 18.4 Å². The Morgan fingerprint density at radius 3 is 2.46 bits per heavy atom. The third-order valence-corrected chi connectivity index (χ3v) is 6.11. The fourth-order valence-corrected chi connectivity index (χ4v) is 4.09. The molecule has 0 aromatic heterocycles. The molecule has 2 aromatic rings. The van der Waals surface area contributed by atoms with Crippen LogP contribution < -0.4 is 9.04 Å². The Morgan fingerprint density at radius 1 is 1.12 bits per heavy atom. The Morgan fingerprint density at radius 2 is 1.81 bits per heavy atom. The molecule has 1 unspecified atom stereocenters. The zero-order valence-electron chi connectivity index (χ0n) is 15.2. The summed E-state index contributed by atoms with van der Waals surface area (Å²) in [6.45, 7) is 3.27. The molecule has 6 heteroatoms. The Bertz CT molecular complexity index is 832. The average Bonchev–Trinajstić information content (AvgIpc) is 3.45. The maximum absolute atomic E-state index is 12.9. The number of hydrogen-bond donors (Lipinski definition) is 0. The van der Waals surface area contributed by atoms with Gasteiger partial charge in [-0.3, -0.25) is 4.31 Å². The molecular formula is C20H25NO4S. The summed E-state index contributed by atoms with van der Waals surface area (Å²) in [6, 6.07) is 14.8. The SMILES string of the molecule is CCCc1cccc(CS(=O)(=O)N(C)c2ccccc2)c1OCC1CO1. The Labute approximate surface area is 155 Å². The highest BCUT2D eigenvalue weighted by Crippen LogP contribution is 2.29. The summed E-state index contributed by atoms with van der Waals surface area (Å²) in [5, 5.41) is 0. The third-order valence-electron chi connectivity index (χ3n) is 4.39. The molecule has 0 radical (unpaired) electrons. The molecule has 0 spiro atoms. The average molecular weight is 375 g/mol. The van der Waals surface area contributed by atoms with E-state index < -0.39 is 10.0 Å². The fourth-order valence-electron chi connectivity index (χ4n) is 2.84. The zero-order chi connectivity index (χ0) is 18.6. The molecule has 1 fully saturated rings. The van der Waals surface area contributed by atoms with E-state index in [0.29, 0.717) is 30.2 Å². The third kappa shape index (κ3) is 4.56. The second-order valence-corrected chi connectivity index (χ2v) is 8.48. The van der Waals surface area contributed by atoms with Crippen LogP contribution >= 0.6 is 0 Å². The normalized spacial score (nSPS) is 16.3. The van der Waals surface area contributed by atoms with Gasteiger partial charge in [0.25, 0.3) is 0 Å². The number of epoxide rings is 1. The number of rotatable bonds is 9. The maximum Gasteiger partial charge on any atom is 0.239 e. The predicted octanol–water partition coefficient (Wildman–Crippen LogP) is 3.38. The van der Waals surface area contributed by atoms with E-state index in [9.17, 15) is 8.42 Å². The second kappa shape index (κ2) is 8.10. The topological polar surface area (TPSA) is 59.1 Å². The molecule has 2 aromatic carbocycles. The van der Waals surface area contributed by atoms with Crippen LogP contribution in [-0.2, 0) is 26.9 Å². The number of anilines is 1. The molecule has 0 N–H and O–H groups in total. The molecule has 3 rings (SSSR count). The molecule has 1 aliphatic heterocycles. The molecule has 26 heavy (non-hydrogen) atoms. The highest BCUT2D eigenvalue weighted by atomic mass is 32.2. The Kier molecular flexibility index (Phi) is 5.84. The van der Waals surface area contributed by atoms with Crippen LogP contribution in [0.1, 0.15) is 24.5 Å². The van der Waals surface area contributed by atoms with Crippen molar-refractivity contribution >= 4 is 15.7 Å². The van der Waals surface area contributed by atoms with Crippen molar-refractivity contribution in [2.45, 2.75) is 31.6 Å². The summed E-state index contributed by atoms with van der Waals surface area (Å²) < 4.78 is 38.3. The number of aryl methyl sites for hydroxylation is 1. The monoisotopic (exact) mass is 375 g/mol. The van der Waals surface area contributed by atoms with Gasteiger partial charge in [0.05, 0.1) is 18.0 Å². The first-order chi connectivity index (χ1) is 12.5. The van der Waals surface area contributed by atoms with Crippen LogP contribution in [0, 0.1) is 0 Å². The van der Waals surface area contributed by atoms with Crippen molar-refractivity contribution in [3.8, 4) is 5.75 Å². The standard InChI is InChI=1S/C20H25NO4S/c1-3-8-16-9-7-10-17(20(16)25-14-19-13-24-19)15-26(22,23)21(2)18-11-5-4-6-12-18/h4-7,9-12,19H,3,8,13-15H2,1-2H3. The van der Waals surface area contributed by atoms with Crippen LogP contribution in [0.2, 0.25) is 0 Å². The van der Waals surface area contributed by atoms with Gasteiger partial charge in [0.2, 0.25) is 10.0 Å². The maximum atomic E-state index is 12.9. The van der Waals surface area contributed by atoms with E-state index in [1.165, 1.54) is 4.31 Å². The number of ether oxygens (including phenoxy) is 2. The summed E-state index contributed by atoms with van der Waals surface area (Å²) in [6.07, 6.45) is 1.95. The molecule has 1 saturated heterocycles. The van der Waals surface area contributed by atoms with Crippen LogP contribution in [0.4, 0.5) is 5.69 Å². The van der Waals surface area contributed by atoms with Gasteiger partial charge in [0.1, 0.15) is 18.5 Å². The molecule has 1 aliphatic rings. The van der Waals surface area contributed by atoms with Gasteiger partial charge in [-0.25, -0.2) is 8.42 Å². The van der Waals surface area contributed by atoms with E-state index in [1.807, 2.05) is 36.4 Å². The van der Waals surface area contributed by atoms with Gasteiger partial charge in [-0.2, -0.15) is 0 Å². The summed E-state index contributed by atoms with van der Waals surface area (Å²) in [4.78, 5) is 0. The highest BCUT2D eigenvalue weighted by molar-refractivity contribution is 7.92. The van der Waals surface area contributed by atoms with Crippen LogP contribution in [0.25, 0.3) is 0 Å². The Balaban J connectivity index is 1.86. The molecule has 0 saturated carbocycles. The van der Waals surface area contributed by atoms with Gasteiger partial charge >= 0.3 is 0 Å². The molecule has 1 atom stereocenters. The van der Waals surface area contributed by atoms with Crippen molar-refractivity contribution in [1.82, 2.24) is 0 Å². The van der Waals surface area contributed by atoms with Crippen LogP contribution in [-0.4, -0.2) is 34.8 Å². The van der Waals surface area contributed by atoms with E-state index in [2.05, 4.69) is 6.92 Å². The highest BCUT2D eigenvalue weighted by Gasteiger charge is 2.26. The number of benzene rings is 2. The number of para-hydroxylation sites is 2. The minimum Gasteiger partial charge on any atom is -0.490 e. The molecule has 140 valence electrons. The number of nitrogens with zero attached hydrogens (tertiary/aromatic N) is 1. The van der Waals surface area contributed by atoms with Crippen molar-refractivity contribution in [3.63, 3.8) is 0 Å². The first-order valence-electron chi connectivity index (χ1n) is 8.88.